The van der Waals surface area contributed by atoms with Crippen LogP contribution in [0.25, 0.3) is 11.0 Å². The van der Waals surface area contributed by atoms with Gasteiger partial charge in [0.2, 0.25) is 11.3 Å². The molecular formula is C23H24F3N3O5. The van der Waals surface area contributed by atoms with Crippen molar-refractivity contribution in [2.45, 2.75) is 32.6 Å². The highest BCUT2D eigenvalue weighted by Crippen LogP contribution is 2.31. The van der Waals surface area contributed by atoms with Gasteiger partial charge in [0.05, 0.1) is 36.4 Å². The number of benzene rings is 1. The number of carboxylic acids is 1. The van der Waals surface area contributed by atoms with E-state index in [1.165, 1.54) is 29.9 Å². The molecule has 2 aromatic heterocycles. The fourth-order valence-electron chi connectivity index (χ4n) is 3.57. The van der Waals surface area contributed by atoms with Gasteiger partial charge in [-0.1, -0.05) is 26.0 Å². The number of methoxy groups -OCH3 is 1. The number of pyridine rings is 2. The Kier molecular flexibility index (Phi) is 7.15. The van der Waals surface area contributed by atoms with Crippen LogP contribution in [0.1, 0.15) is 41.4 Å². The van der Waals surface area contributed by atoms with Crippen LogP contribution in [0.15, 0.2) is 41.3 Å². The minimum Gasteiger partial charge on any atom is -0.479 e. The number of anilines is 1. The van der Waals surface area contributed by atoms with Gasteiger partial charge >= 0.3 is 12.1 Å². The monoisotopic (exact) mass is 479 g/mol. The van der Waals surface area contributed by atoms with Crippen LogP contribution in [0.2, 0.25) is 0 Å². The second kappa shape index (κ2) is 9.72. The lowest BCUT2D eigenvalue weighted by atomic mass is 10.0. The summed E-state index contributed by atoms with van der Waals surface area (Å²) in [5.41, 5.74) is -1.08. The molecule has 0 amide bonds. The number of hydrogen-bond acceptors (Lipinski definition) is 6. The molecule has 0 spiro atoms. The lowest BCUT2D eigenvalue weighted by Crippen LogP contribution is -2.26. The average Bonchev–Trinajstić information content (AvgIpc) is 2.78. The average molecular weight is 479 g/mol. The third-order valence-electron chi connectivity index (χ3n) is 5.47. The van der Waals surface area contributed by atoms with Crippen LogP contribution >= 0.6 is 0 Å². The van der Waals surface area contributed by atoms with Gasteiger partial charge in [-0.25, -0.2) is 4.79 Å². The second-order valence-corrected chi connectivity index (χ2v) is 8.04. The maximum Gasteiger partial charge on any atom is 0.416 e. The second-order valence-electron chi connectivity index (χ2n) is 8.04. The summed E-state index contributed by atoms with van der Waals surface area (Å²) in [7, 11) is 1.36. The molecule has 1 aromatic carbocycles. The fourth-order valence-corrected chi connectivity index (χ4v) is 3.57. The molecule has 34 heavy (non-hydrogen) atoms. The SMILES string of the molecule is COc1nc2c(cc1NCc1ccc(C(F)(F)F)cc1)c(=O)c(C(=O)O)cn2[C@H](CO)C(C)C. The predicted molar refractivity (Wildman–Crippen MR) is 119 cm³/mol. The number of aromatic nitrogens is 2. The molecule has 182 valence electrons. The Morgan fingerprint density at radius 2 is 1.88 bits per heavy atom. The summed E-state index contributed by atoms with van der Waals surface area (Å²) < 4.78 is 45.1. The normalized spacial score (nSPS) is 12.7. The summed E-state index contributed by atoms with van der Waals surface area (Å²) in [5.74, 6) is -1.44. The number of nitrogens with one attached hydrogen (secondary N) is 1. The van der Waals surface area contributed by atoms with E-state index in [0.717, 1.165) is 18.3 Å². The van der Waals surface area contributed by atoms with E-state index in [1.807, 2.05) is 13.8 Å². The van der Waals surface area contributed by atoms with Crippen LogP contribution in [0.5, 0.6) is 5.88 Å². The van der Waals surface area contributed by atoms with Crippen LogP contribution < -0.4 is 15.5 Å². The van der Waals surface area contributed by atoms with Gasteiger partial charge in [-0.05, 0) is 29.7 Å². The van der Waals surface area contributed by atoms with Crippen molar-refractivity contribution in [1.29, 1.82) is 0 Å². The molecule has 3 aromatic rings. The first-order chi connectivity index (χ1) is 16.0. The number of halogens is 3. The number of aliphatic hydroxyl groups excluding tert-OH is 1. The van der Waals surface area contributed by atoms with E-state index < -0.39 is 34.7 Å². The number of nitrogens with zero attached hydrogens (tertiary/aromatic N) is 2. The lowest BCUT2D eigenvalue weighted by molar-refractivity contribution is -0.137. The number of carboxylic acid groups (broad SMARTS) is 1. The first-order valence-corrected chi connectivity index (χ1v) is 10.4. The molecule has 0 unspecified atom stereocenters. The number of fused-ring (bicyclic) bond motifs is 1. The van der Waals surface area contributed by atoms with Crippen LogP contribution in [0.3, 0.4) is 0 Å². The fraction of sp³-hybridized carbons (Fsp3) is 0.348. The van der Waals surface area contributed by atoms with Crippen LogP contribution in [-0.2, 0) is 12.7 Å². The highest BCUT2D eigenvalue weighted by Gasteiger charge is 2.30. The molecular weight excluding hydrogens is 455 g/mol. The highest BCUT2D eigenvalue weighted by molar-refractivity contribution is 5.93. The van der Waals surface area contributed by atoms with Crippen LogP contribution in [0.4, 0.5) is 18.9 Å². The first kappa shape index (κ1) is 25.0. The number of rotatable bonds is 8. The largest absolute Gasteiger partial charge is 0.479 e. The van der Waals surface area contributed by atoms with Gasteiger partial charge in [0.25, 0.3) is 0 Å². The Bertz CT molecular complexity index is 1250. The third kappa shape index (κ3) is 4.98. The van der Waals surface area contributed by atoms with Gasteiger partial charge in [-0.2, -0.15) is 18.2 Å². The maximum absolute atomic E-state index is 12.9. The van der Waals surface area contributed by atoms with Crippen LogP contribution in [0, 0.1) is 5.92 Å². The molecule has 0 aliphatic carbocycles. The minimum atomic E-state index is -4.44. The topological polar surface area (TPSA) is 114 Å². The number of aliphatic hydroxyl groups is 1. The van der Waals surface area contributed by atoms with Crippen molar-refractivity contribution in [2.75, 3.05) is 19.0 Å². The molecule has 0 aliphatic rings. The molecule has 3 rings (SSSR count). The maximum atomic E-state index is 12.9. The van der Waals surface area contributed by atoms with Crippen molar-refractivity contribution in [3.8, 4) is 5.88 Å². The summed E-state index contributed by atoms with van der Waals surface area (Å²) in [4.78, 5) is 29.0. The highest BCUT2D eigenvalue weighted by atomic mass is 19.4. The zero-order chi connectivity index (χ0) is 25.2. The summed E-state index contributed by atoms with van der Waals surface area (Å²) in [6, 6.07) is 5.41. The summed E-state index contributed by atoms with van der Waals surface area (Å²) in [6.45, 7) is 3.46. The van der Waals surface area contributed by atoms with E-state index in [2.05, 4.69) is 10.3 Å². The number of alkyl halides is 3. The molecule has 0 bridgehead atoms. The van der Waals surface area contributed by atoms with Crippen molar-refractivity contribution in [2.24, 2.45) is 5.92 Å². The van der Waals surface area contributed by atoms with Crippen LogP contribution in [-0.4, -0.2) is 39.5 Å². The molecule has 0 saturated heterocycles. The van der Waals surface area contributed by atoms with E-state index >= 15 is 0 Å². The predicted octanol–water partition coefficient (Wildman–Crippen LogP) is 3.92. The quantitative estimate of drug-likeness (QED) is 0.449. The molecule has 0 aliphatic heterocycles. The zero-order valence-electron chi connectivity index (χ0n) is 18.7. The molecule has 3 N–H and O–H groups in total. The van der Waals surface area contributed by atoms with E-state index in [9.17, 15) is 33.0 Å². The van der Waals surface area contributed by atoms with Crippen molar-refractivity contribution in [3.63, 3.8) is 0 Å². The number of ether oxygens (including phenoxy) is 1. The molecule has 0 fully saturated rings. The first-order valence-electron chi connectivity index (χ1n) is 10.4. The Balaban J connectivity index is 2.09. The van der Waals surface area contributed by atoms with E-state index in [-0.39, 0.29) is 41.7 Å². The van der Waals surface area contributed by atoms with E-state index in [1.54, 1.807) is 0 Å². The molecule has 11 heteroatoms. The zero-order valence-corrected chi connectivity index (χ0v) is 18.7. The van der Waals surface area contributed by atoms with E-state index in [4.69, 9.17) is 4.74 Å². The van der Waals surface area contributed by atoms with E-state index in [0.29, 0.717) is 5.56 Å². The Hall–Kier alpha value is -3.60. The minimum absolute atomic E-state index is 0.00489. The standard InChI is InChI=1S/C23H24F3N3O5/c1-12(2)18(11-30)29-10-16(22(32)33)19(31)15-8-17(21(34-3)28-20(15)29)27-9-13-4-6-14(7-5-13)23(24,25)26/h4-8,10,12,18,27,30H,9,11H2,1-3H3,(H,32,33)/t18-/m1/s1. The van der Waals surface area contributed by atoms with Gasteiger partial charge in [0.1, 0.15) is 11.2 Å². The number of hydrogen-bond donors (Lipinski definition) is 3. The molecule has 1 atom stereocenters. The Morgan fingerprint density at radius 3 is 2.38 bits per heavy atom. The third-order valence-corrected chi connectivity index (χ3v) is 5.47. The van der Waals surface area contributed by atoms with Gasteiger partial charge in [-0.15, -0.1) is 0 Å². The smallest absolute Gasteiger partial charge is 0.416 e. The van der Waals surface area contributed by atoms with Gasteiger partial charge in [-0.3, -0.25) is 4.79 Å². The van der Waals surface area contributed by atoms with Crippen molar-refractivity contribution >= 4 is 22.7 Å². The van der Waals surface area contributed by atoms with Crippen molar-refractivity contribution < 1.29 is 32.9 Å². The Morgan fingerprint density at radius 1 is 1.24 bits per heavy atom. The number of aromatic carboxylic acids is 1. The molecule has 0 radical (unpaired) electrons. The van der Waals surface area contributed by atoms with Gasteiger partial charge < -0.3 is 24.8 Å². The lowest BCUT2D eigenvalue weighted by Gasteiger charge is -2.24. The molecule has 0 saturated carbocycles. The summed E-state index contributed by atoms with van der Waals surface area (Å²) in [6.07, 6.45) is -3.28. The van der Waals surface area contributed by atoms with Gasteiger partial charge in [0.15, 0.2) is 0 Å². The summed E-state index contributed by atoms with van der Waals surface area (Å²) in [5, 5.41) is 22.4. The van der Waals surface area contributed by atoms with Crippen molar-refractivity contribution in [3.05, 3.63) is 63.4 Å². The molecule has 2 heterocycles. The van der Waals surface area contributed by atoms with Crippen molar-refractivity contribution in [1.82, 2.24) is 9.55 Å². The number of carbonyl (C=O) groups is 1. The summed E-state index contributed by atoms with van der Waals surface area (Å²) >= 11 is 0. The Labute approximate surface area is 192 Å². The van der Waals surface area contributed by atoms with Gasteiger partial charge in [0, 0.05) is 12.7 Å². The molecule has 8 nitrogen and oxygen atoms in total.